The summed E-state index contributed by atoms with van der Waals surface area (Å²) >= 11 is 0. The lowest BCUT2D eigenvalue weighted by Crippen LogP contribution is -2.75. The van der Waals surface area contributed by atoms with E-state index in [1.54, 1.807) is 24.0 Å². The molecule has 4 bridgehead atoms. The van der Waals surface area contributed by atoms with E-state index in [1.165, 1.54) is 12.7 Å². The summed E-state index contributed by atoms with van der Waals surface area (Å²) in [4.78, 5) is 75.7. The molecule has 1 spiro atoms. The lowest BCUT2D eigenvalue weighted by atomic mass is 9.45. The molecule has 2 aromatic rings. The van der Waals surface area contributed by atoms with Crippen LogP contribution in [0.15, 0.2) is 76.4 Å². The molecule has 6 atom stereocenters. The van der Waals surface area contributed by atoms with Crippen molar-refractivity contribution in [2.45, 2.75) is 123 Å². The van der Waals surface area contributed by atoms with Gasteiger partial charge in [-0.2, -0.15) is 0 Å². The number of likely N-dealkylation sites (N-methyl/N-ethyl adjacent to an activating group) is 1. The summed E-state index contributed by atoms with van der Waals surface area (Å²) in [6.45, 7) is 18.4. The number of esters is 2. The number of rotatable bonds is 12. The van der Waals surface area contributed by atoms with Gasteiger partial charge in [0.2, 0.25) is 5.91 Å². The Balaban J connectivity index is 1.23. The van der Waals surface area contributed by atoms with E-state index in [0.717, 1.165) is 25.1 Å². The van der Waals surface area contributed by atoms with Crippen molar-refractivity contribution in [3.05, 3.63) is 104 Å². The van der Waals surface area contributed by atoms with Gasteiger partial charge >= 0.3 is 11.9 Å². The van der Waals surface area contributed by atoms with E-state index in [0.29, 0.717) is 99.9 Å². The van der Waals surface area contributed by atoms with Crippen molar-refractivity contribution < 1.29 is 52.4 Å². The largest absolute Gasteiger partial charge is 0.482 e. The average molecular weight is 953 g/mol. The van der Waals surface area contributed by atoms with Crippen LogP contribution in [-0.2, 0) is 39.8 Å². The fourth-order valence-corrected chi connectivity index (χ4v) is 12.5. The number of carbonyl (C=O) groups is 5. The van der Waals surface area contributed by atoms with Crippen molar-refractivity contribution in [3.8, 4) is 17.2 Å². The van der Waals surface area contributed by atoms with Crippen molar-refractivity contribution >= 4 is 47.0 Å². The van der Waals surface area contributed by atoms with Gasteiger partial charge in [0, 0.05) is 84.6 Å². The topological polar surface area (TPSA) is 147 Å². The Bertz CT molecular complexity index is 2860. The first-order valence-corrected chi connectivity index (χ1v) is 24.8. The van der Waals surface area contributed by atoms with E-state index in [4.69, 9.17) is 28.4 Å². The van der Waals surface area contributed by atoms with Gasteiger partial charge in [-0.15, -0.1) is 0 Å². The van der Waals surface area contributed by atoms with Gasteiger partial charge in [0.1, 0.15) is 34.2 Å². The van der Waals surface area contributed by atoms with Crippen LogP contribution in [0, 0.1) is 17.8 Å². The molecule has 2 saturated heterocycles. The van der Waals surface area contributed by atoms with Crippen molar-refractivity contribution in [3.63, 3.8) is 0 Å². The third-order valence-corrected chi connectivity index (χ3v) is 16.0. The normalized spacial score (nSPS) is 28.4. The second kappa shape index (κ2) is 17.1. The first kappa shape index (κ1) is 47.6. The van der Waals surface area contributed by atoms with E-state index in [1.807, 2.05) is 72.0 Å². The smallest absolute Gasteiger partial charge is 0.333 e. The maximum absolute atomic E-state index is 15.9. The Labute approximate surface area is 410 Å². The first-order chi connectivity index (χ1) is 33.3. The Morgan fingerprint density at radius 3 is 2.29 bits per heavy atom. The molecule has 3 saturated carbocycles. The zero-order valence-corrected chi connectivity index (χ0v) is 42.1. The number of carbonyl (C=O) groups excluding carboxylic acids is 5. The number of fused-ring (bicyclic) bond motifs is 5. The molecule has 0 N–H and O–H groups in total. The van der Waals surface area contributed by atoms with Crippen LogP contribution < -0.4 is 14.2 Å². The number of ketones is 2. The molecule has 5 heterocycles. The number of piperazine rings is 1. The van der Waals surface area contributed by atoms with Gasteiger partial charge in [-0.25, -0.2) is 4.79 Å². The number of hydrogen-bond donors (Lipinski definition) is 0. The average Bonchev–Trinajstić information content (AvgIpc) is 3.68. The Hall–Kier alpha value is -6.05. The molecule has 70 heavy (non-hydrogen) atoms. The highest BCUT2D eigenvalue weighted by Crippen LogP contribution is 2.75. The van der Waals surface area contributed by atoms with Crippen LogP contribution in [0.2, 0.25) is 0 Å². The predicted molar refractivity (Wildman–Crippen MR) is 263 cm³/mol. The van der Waals surface area contributed by atoms with Crippen LogP contribution in [0.1, 0.15) is 127 Å². The lowest BCUT2D eigenvalue weighted by Gasteiger charge is -2.62. The lowest BCUT2D eigenvalue weighted by molar-refractivity contribution is -0.181. The SMILES string of the molecule is COC(=O)/C(C)=C\CC12OC(C)(C)C3CC(C1=O)C1C4=C(OC5=C1C32Oc1c(CC=C(C)C)c2c(c(OC(=O)CCC(=O)N3CCN(C)CC3)c15)C=CC(C)(CCC=C(C)C)O2)c1ccccc1C4=O. The summed E-state index contributed by atoms with van der Waals surface area (Å²) in [6, 6.07) is 7.31. The number of allylic oxidation sites excluding steroid dienone is 5. The van der Waals surface area contributed by atoms with E-state index in [-0.39, 0.29) is 42.5 Å². The van der Waals surface area contributed by atoms with Crippen LogP contribution in [0.4, 0.5) is 0 Å². The molecule has 11 rings (SSSR count). The fourth-order valence-electron chi connectivity index (χ4n) is 12.5. The molecule has 0 radical (unpaired) electrons. The van der Waals surface area contributed by atoms with E-state index >= 15 is 4.79 Å². The zero-order valence-electron chi connectivity index (χ0n) is 42.1. The van der Waals surface area contributed by atoms with Crippen LogP contribution in [0.3, 0.4) is 0 Å². The zero-order chi connectivity index (χ0) is 49.8. The van der Waals surface area contributed by atoms with Crippen LogP contribution in [-0.4, -0.2) is 102 Å². The molecule has 368 valence electrons. The minimum atomic E-state index is -1.70. The minimum Gasteiger partial charge on any atom is -0.482 e. The maximum atomic E-state index is 15.9. The number of ether oxygens (including phenoxy) is 6. The van der Waals surface area contributed by atoms with E-state index in [9.17, 15) is 19.2 Å². The van der Waals surface area contributed by atoms with Gasteiger partial charge in [-0.05, 0) is 100 Å². The molecule has 4 aliphatic carbocycles. The van der Waals surface area contributed by atoms with Gasteiger partial charge in [0.25, 0.3) is 0 Å². The Morgan fingerprint density at radius 2 is 1.59 bits per heavy atom. The third-order valence-electron chi connectivity index (χ3n) is 16.0. The van der Waals surface area contributed by atoms with Gasteiger partial charge in [-0.3, -0.25) is 19.2 Å². The highest BCUT2D eigenvalue weighted by molar-refractivity contribution is 6.22. The summed E-state index contributed by atoms with van der Waals surface area (Å²) in [5.41, 5.74) is 1.07. The summed E-state index contributed by atoms with van der Waals surface area (Å²) in [6.07, 6.45) is 11.7. The number of methoxy groups -OCH3 is 1. The number of amides is 1. The molecule has 13 nitrogen and oxygen atoms in total. The molecule has 5 fully saturated rings. The molecule has 2 aromatic carbocycles. The van der Waals surface area contributed by atoms with Gasteiger partial charge in [0.15, 0.2) is 28.5 Å². The second-order valence-electron chi connectivity index (χ2n) is 21.6. The fraction of sp³-hybridized carbons (Fsp3) is 0.491. The van der Waals surface area contributed by atoms with E-state index in [2.05, 4.69) is 30.9 Å². The second-order valence-corrected chi connectivity index (χ2v) is 21.6. The number of hydrogen-bond acceptors (Lipinski definition) is 12. The molecular formula is C57H64N2O11. The monoisotopic (exact) mass is 952 g/mol. The van der Waals surface area contributed by atoms with E-state index < -0.39 is 52.1 Å². The van der Waals surface area contributed by atoms with Gasteiger partial charge in [-0.1, -0.05) is 53.6 Å². The van der Waals surface area contributed by atoms with Crippen LogP contribution >= 0.6 is 0 Å². The number of Topliss-reactive ketones (excluding diaryl/α,β-unsaturated/α-hetero) is 2. The summed E-state index contributed by atoms with van der Waals surface area (Å²) in [5.74, 6) is -2.10. The number of nitrogens with zero attached hydrogens (tertiary/aromatic N) is 2. The Kier molecular flexibility index (Phi) is 11.6. The third kappa shape index (κ3) is 7.19. The van der Waals surface area contributed by atoms with Crippen LogP contribution in [0.25, 0.3) is 17.6 Å². The van der Waals surface area contributed by atoms with Crippen molar-refractivity contribution in [2.75, 3.05) is 40.3 Å². The highest BCUT2D eigenvalue weighted by Gasteiger charge is 2.84. The highest BCUT2D eigenvalue weighted by atomic mass is 16.6. The molecule has 13 heteroatoms. The summed E-state index contributed by atoms with van der Waals surface area (Å²) < 4.78 is 41.4. The number of benzene rings is 2. The van der Waals surface area contributed by atoms with Gasteiger partial charge < -0.3 is 38.2 Å². The van der Waals surface area contributed by atoms with Gasteiger partial charge in [0.05, 0.1) is 30.3 Å². The molecule has 6 unspecified atom stereocenters. The van der Waals surface area contributed by atoms with Crippen LogP contribution in [0.5, 0.6) is 17.2 Å². The minimum absolute atomic E-state index is 0.0405. The Morgan fingerprint density at radius 1 is 0.871 bits per heavy atom. The molecule has 5 aliphatic heterocycles. The van der Waals surface area contributed by atoms with Crippen molar-refractivity contribution in [1.82, 2.24) is 9.80 Å². The molecule has 9 aliphatic rings. The molecular weight excluding hydrogens is 889 g/mol. The molecule has 1 amide bonds. The summed E-state index contributed by atoms with van der Waals surface area (Å²) in [7, 11) is 3.34. The quantitative estimate of drug-likeness (QED) is 0.0866. The predicted octanol–water partition coefficient (Wildman–Crippen LogP) is 8.94. The first-order valence-electron chi connectivity index (χ1n) is 24.8. The molecule has 0 aromatic heterocycles. The van der Waals surface area contributed by atoms with Crippen molar-refractivity contribution in [1.29, 1.82) is 0 Å². The maximum Gasteiger partial charge on any atom is 0.333 e. The standard InChI is InChI=1S/C57H64N2O11/c1-31(2)14-13-23-55(8)24-22-37-47(68-55)36(18-17-32(3)4)50-44(49(37)66-41(61)20-19-40(60)59-28-26-58(9)27-29-59)51-45-42(43-46(62)34-15-11-12-16-35(34)48(43)67-51)38-30-39-54(6,7)70-56(52(38)63,57(39,45)69-50)25-21-33(5)53(64)65-10/h11-12,14-17,21-22,24,38-39,42H,13,18-20,23,25-30H2,1-10H3/b33-21-. The van der Waals surface area contributed by atoms with Crippen molar-refractivity contribution in [2.24, 2.45) is 17.8 Å². The summed E-state index contributed by atoms with van der Waals surface area (Å²) in [5, 5.41) is 0.